The summed E-state index contributed by atoms with van der Waals surface area (Å²) in [6, 6.07) is 4.93. The van der Waals surface area contributed by atoms with Crippen LogP contribution in [0.3, 0.4) is 0 Å². The molecule has 0 aliphatic heterocycles. The monoisotopic (exact) mass is 224 g/mol. The second-order valence-electron chi connectivity index (χ2n) is 3.95. The highest BCUT2D eigenvalue weighted by Crippen LogP contribution is 2.09. The number of halogens is 1. The van der Waals surface area contributed by atoms with Crippen molar-refractivity contribution < 1.29 is 4.39 Å². The van der Waals surface area contributed by atoms with Gasteiger partial charge in [0.15, 0.2) is 0 Å². The predicted molar refractivity (Wildman–Crippen MR) is 66.0 cm³/mol. The first-order chi connectivity index (χ1) is 7.74. The van der Waals surface area contributed by atoms with Crippen molar-refractivity contribution in [3.63, 3.8) is 0 Å². The third kappa shape index (κ3) is 4.73. The molecule has 0 spiro atoms. The molecule has 1 rings (SSSR count). The highest BCUT2D eigenvalue weighted by molar-refractivity contribution is 5.26. The third-order valence-corrected chi connectivity index (χ3v) is 2.58. The number of nitrogens with one attached hydrogen (secondary N) is 2. The minimum absolute atomic E-state index is 0.157. The van der Waals surface area contributed by atoms with Crippen LogP contribution in [0.4, 0.5) is 4.39 Å². The molecule has 2 nitrogen and oxygen atoms in total. The van der Waals surface area contributed by atoms with Crippen LogP contribution in [0.1, 0.15) is 24.5 Å². The maximum Gasteiger partial charge on any atom is 0.123 e. The number of rotatable bonds is 7. The van der Waals surface area contributed by atoms with E-state index in [9.17, 15) is 4.39 Å². The van der Waals surface area contributed by atoms with Crippen LogP contribution in [0.25, 0.3) is 0 Å². The van der Waals surface area contributed by atoms with Crippen LogP contribution in [0.2, 0.25) is 0 Å². The molecule has 0 heterocycles. The van der Waals surface area contributed by atoms with Crippen LogP contribution in [-0.2, 0) is 6.54 Å². The zero-order chi connectivity index (χ0) is 11.8. The van der Waals surface area contributed by atoms with Gasteiger partial charge in [0.25, 0.3) is 0 Å². The lowest BCUT2D eigenvalue weighted by atomic mass is 10.1. The van der Waals surface area contributed by atoms with Crippen LogP contribution < -0.4 is 10.6 Å². The number of benzene rings is 1. The van der Waals surface area contributed by atoms with Crippen molar-refractivity contribution in [1.82, 2.24) is 10.6 Å². The minimum atomic E-state index is -0.157. The molecule has 0 aromatic heterocycles. The van der Waals surface area contributed by atoms with Gasteiger partial charge in [0.05, 0.1) is 0 Å². The van der Waals surface area contributed by atoms with Gasteiger partial charge in [0.2, 0.25) is 0 Å². The topological polar surface area (TPSA) is 24.1 Å². The van der Waals surface area contributed by atoms with Crippen LogP contribution in [0.5, 0.6) is 0 Å². The van der Waals surface area contributed by atoms with E-state index in [1.807, 2.05) is 13.0 Å². The van der Waals surface area contributed by atoms with Crippen molar-refractivity contribution in [3.8, 4) is 0 Å². The molecule has 0 saturated carbocycles. The highest BCUT2D eigenvalue weighted by Gasteiger charge is 1.99. The van der Waals surface area contributed by atoms with E-state index in [0.29, 0.717) is 0 Å². The van der Waals surface area contributed by atoms with Crippen LogP contribution in [-0.4, -0.2) is 19.6 Å². The van der Waals surface area contributed by atoms with Gasteiger partial charge in [-0.3, -0.25) is 0 Å². The number of hydrogen-bond donors (Lipinski definition) is 2. The second kappa shape index (κ2) is 7.36. The molecule has 0 atom stereocenters. The molecular weight excluding hydrogens is 203 g/mol. The van der Waals surface area contributed by atoms with Gasteiger partial charge in [-0.05, 0) is 56.2 Å². The van der Waals surface area contributed by atoms with Crippen molar-refractivity contribution in [2.45, 2.75) is 26.8 Å². The first-order valence-electron chi connectivity index (χ1n) is 5.90. The zero-order valence-corrected chi connectivity index (χ0v) is 10.1. The molecule has 0 saturated heterocycles. The van der Waals surface area contributed by atoms with Crippen molar-refractivity contribution in [1.29, 1.82) is 0 Å². The third-order valence-electron chi connectivity index (χ3n) is 2.58. The maximum absolute atomic E-state index is 13.0. The van der Waals surface area contributed by atoms with Crippen molar-refractivity contribution in [2.24, 2.45) is 0 Å². The van der Waals surface area contributed by atoms with E-state index in [1.54, 1.807) is 6.07 Å². The van der Waals surface area contributed by atoms with Crippen LogP contribution >= 0.6 is 0 Å². The van der Waals surface area contributed by atoms with E-state index in [0.717, 1.165) is 43.7 Å². The fraction of sp³-hybridized carbons (Fsp3) is 0.538. The molecule has 1 aromatic rings. The average molecular weight is 224 g/mol. The molecule has 3 heteroatoms. The standard InChI is InChI=1S/C13H21FN2/c1-3-15-7-4-8-16-10-12-9-13(14)6-5-11(12)2/h5-6,9,15-16H,3-4,7-8,10H2,1-2H3. The Bertz CT molecular complexity index is 313. The van der Waals surface area contributed by atoms with Crippen molar-refractivity contribution in [2.75, 3.05) is 19.6 Å². The normalized spacial score (nSPS) is 10.7. The lowest BCUT2D eigenvalue weighted by Crippen LogP contribution is -2.21. The lowest BCUT2D eigenvalue weighted by molar-refractivity contribution is 0.597. The van der Waals surface area contributed by atoms with Crippen LogP contribution in [0, 0.1) is 12.7 Å². The fourth-order valence-corrected chi connectivity index (χ4v) is 1.57. The fourth-order valence-electron chi connectivity index (χ4n) is 1.57. The molecule has 0 fully saturated rings. The number of hydrogen-bond acceptors (Lipinski definition) is 2. The second-order valence-corrected chi connectivity index (χ2v) is 3.95. The Kier molecular flexibility index (Phi) is 6.04. The summed E-state index contributed by atoms with van der Waals surface area (Å²) in [6.45, 7) is 7.87. The molecule has 90 valence electrons. The van der Waals surface area contributed by atoms with Gasteiger partial charge in [-0.1, -0.05) is 13.0 Å². The number of aryl methyl sites for hydroxylation is 1. The summed E-state index contributed by atoms with van der Waals surface area (Å²) < 4.78 is 13.0. The van der Waals surface area contributed by atoms with E-state index >= 15 is 0 Å². The summed E-state index contributed by atoms with van der Waals surface area (Å²) in [4.78, 5) is 0. The Morgan fingerprint density at radius 2 is 1.94 bits per heavy atom. The Labute approximate surface area is 97.3 Å². The summed E-state index contributed by atoms with van der Waals surface area (Å²) in [7, 11) is 0. The van der Waals surface area contributed by atoms with Gasteiger partial charge in [-0.2, -0.15) is 0 Å². The average Bonchev–Trinajstić information content (AvgIpc) is 2.28. The zero-order valence-electron chi connectivity index (χ0n) is 10.1. The summed E-state index contributed by atoms with van der Waals surface area (Å²) in [6.07, 6.45) is 1.10. The Balaban J connectivity index is 2.23. The lowest BCUT2D eigenvalue weighted by Gasteiger charge is -2.08. The van der Waals surface area contributed by atoms with Gasteiger partial charge >= 0.3 is 0 Å². The van der Waals surface area contributed by atoms with E-state index in [1.165, 1.54) is 6.07 Å². The maximum atomic E-state index is 13.0. The molecule has 0 aliphatic rings. The molecule has 0 bridgehead atoms. The Morgan fingerprint density at radius 3 is 2.69 bits per heavy atom. The smallest absolute Gasteiger partial charge is 0.123 e. The first-order valence-corrected chi connectivity index (χ1v) is 5.90. The Morgan fingerprint density at radius 1 is 1.19 bits per heavy atom. The van der Waals surface area contributed by atoms with Crippen molar-refractivity contribution in [3.05, 3.63) is 35.1 Å². The SMILES string of the molecule is CCNCCCNCc1cc(F)ccc1C. The summed E-state index contributed by atoms with van der Waals surface area (Å²) in [5, 5.41) is 6.59. The molecule has 1 aromatic carbocycles. The van der Waals surface area contributed by atoms with Crippen molar-refractivity contribution >= 4 is 0 Å². The molecule has 0 aliphatic carbocycles. The summed E-state index contributed by atoms with van der Waals surface area (Å²) in [5.74, 6) is -0.157. The summed E-state index contributed by atoms with van der Waals surface area (Å²) in [5.41, 5.74) is 2.18. The highest BCUT2D eigenvalue weighted by atomic mass is 19.1. The first kappa shape index (κ1) is 13.1. The molecule has 0 radical (unpaired) electrons. The van der Waals surface area contributed by atoms with Gasteiger partial charge in [0, 0.05) is 6.54 Å². The largest absolute Gasteiger partial charge is 0.317 e. The summed E-state index contributed by atoms with van der Waals surface area (Å²) >= 11 is 0. The van der Waals surface area contributed by atoms with Crippen LogP contribution in [0.15, 0.2) is 18.2 Å². The van der Waals surface area contributed by atoms with E-state index in [4.69, 9.17) is 0 Å². The van der Waals surface area contributed by atoms with Gasteiger partial charge < -0.3 is 10.6 Å². The molecule has 0 unspecified atom stereocenters. The molecular formula is C13H21FN2. The van der Waals surface area contributed by atoms with Gasteiger partial charge in [-0.25, -0.2) is 4.39 Å². The Hall–Kier alpha value is -0.930. The van der Waals surface area contributed by atoms with E-state index in [2.05, 4.69) is 17.6 Å². The molecule has 16 heavy (non-hydrogen) atoms. The van der Waals surface area contributed by atoms with E-state index in [-0.39, 0.29) is 5.82 Å². The van der Waals surface area contributed by atoms with Gasteiger partial charge in [-0.15, -0.1) is 0 Å². The molecule has 0 amide bonds. The quantitative estimate of drug-likeness (QED) is 0.694. The molecule has 2 N–H and O–H groups in total. The minimum Gasteiger partial charge on any atom is -0.317 e. The van der Waals surface area contributed by atoms with Gasteiger partial charge in [0.1, 0.15) is 5.82 Å². The van der Waals surface area contributed by atoms with E-state index < -0.39 is 0 Å². The predicted octanol–water partition coefficient (Wildman–Crippen LogP) is 2.22.